The van der Waals surface area contributed by atoms with Crippen molar-refractivity contribution in [1.29, 1.82) is 0 Å². The van der Waals surface area contributed by atoms with Crippen LogP contribution in [0.4, 0.5) is 5.69 Å². The maximum atomic E-state index is 5.39. The number of rotatable bonds is 3. The first-order valence-electron chi connectivity index (χ1n) is 5.05. The van der Waals surface area contributed by atoms with Crippen molar-refractivity contribution in [1.82, 2.24) is 0 Å². The quantitative estimate of drug-likeness (QED) is 0.846. The summed E-state index contributed by atoms with van der Waals surface area (Å²) in [4.78, 5) is 0.576. The number of hydrogen-bond donors (Lipinski definition) is 1. The van der Waals surface area contributed by atoms with Crippen LogP contribution in [-0.4, -0.2) is 4.99 Å². The predicted molar refractivity (Wildman–Crippen MR) is 74.7 cm³/mol. The first-order valence-corrected chi connectivity index (χ1v) is 5.77. The van der Waals surface area contributed by atoms with E-state index in [0.717, 1.165) is 11.3 Å². The van der Waals surface area contributed by atoms with Crippen LogP contribution in [0.15, 0.2) is 54.6 Å². The molecule has 0 heterocycles. The molecule has 0 aliphatic rings. The summed E-state index contributed by atoms with van der Waals surface area (Å²) in [6, 6.07) is 17.1. The van der Waals surface area contributed by atoms with Crippen molar-refractivity contribution in [3.63, 3.8) is 0 Å². The van der Waals surface area contributed by atoms with Crippen molar-refractivity contribution in [2.24, 2.45) is 0 Å². The highest BCUT2D eigenvalue weighted by Gasteiger charge is 2.08. The van der Waals surface area contributed by atoms with Gasteiger partial charge in [-0.2, -0.15) is 0 Å². The lowest BCUT2D eigenvalue weighted by Gasteiger charge is -2.10. The fourth-order valence-electron chi connectivity index (χ4n) is 1.44. The molecule has 2 nitrogen and oxygen atoms in total. The van der Waals surface area contributed by atoms with Gasteiger partial charge in [-0.15, -0.1) is 0 Å². The second-order valence-electron chi connectivity index (χ2n) is 3.39. The summed E-state index contributed by atoms with van der Waals surface area (Å²) in [5.41, 5.74) is 1.70. The van der Waals surface area contributed by atoms with Crippen LogP contribution in [-0.2, 0) is 0 Å². The van der Waals surface area contributed by atoms with Crippen molar-refractivity contribution in [2.75, 3.05) is 5.32 Å². The van der Waals surface area contributed by atoms with E-state index in [1.165, 1.54) is 0 Å². The zero-order valence-corrected chi connectivity index (χ0v) is 10.5. The van der Waals surface area contributed by atoms with Gasteiger partial charge in [-0.05, 0) is 24.3 Å². The summed E-state index contributed by atoms with van der Waals surface area (Å²) in [6.07, 6.45) is 0. The van der Waals surface area contributed by atoms with E-state index >= 15 is 0 Å². The topological polar surface area (TPSA) is 21.3 Å². The highest BCUT2D eigenvalue weighted by molar-refractivity contribution is 7.81. The molecular formula is C13H10ClNOS. The van der Waals surface area contributed by atoms with Crippen molar-refractivity contribution in [3.05, 3.63) is 60.2 Å². The fourth-order valence-corrected chi connectivity index (χ4v) is 1.86. The molecule has 0 aromatic heterocycles. The summed E-state index contributed by atoms with van der Waals surface area (Å²) in [7, 11) is 0. The highest BCUT2D eigenvalue weighted by Crippen LogP contribution is 2.21. The summed E-state index contributed by atoms with van der Waals surface area (Å²) < 4.78 is 4.75. The Balaban J connectivity index is 2.20. The molecule has 1 N–H and O–H groups in total. The van der Waals surface area contributed by atoms with Gasteiger partial charge < -0.3 is 9.61 Å². The number of benzene rings is 2. The number of thiocarbonyl (C=S) groups is 1. The molecule has 0 amide bonds. The molecule has 0 unspecified atom stereocenters. The molecule has 2 aromatic rings. The lowest BCUT2D eigenvalue weighted by molar-refractivity contribution is 0.618. The molecule has 0 radical (unpaired) electrons. The molecule has 0 bridgehead atoms. The zero-order valence-electron chi connectivity index (χ0n) is 8.89. The van der Waals surface area contributed by atoms with Crippen LogP contribution in [0.2, 0.25) is 0 Å². The Labute approximate surface area is 110 Å². The first kappa shape index (κ1) is 11.9. The third-order valence-corrected chi connectivity index (χ3v) is 2.73. The van der Waals surface area contributed by atoms with Gasteiger partial charge >= 0.3 is 0 Å². The third kappa shape index (κ3) is 2.96. The molecule has 0 aliphatic carbocycles. The molecule has 4 heteroatoms. The maximum absolute atomic E-state index is 5.39. The van der Waals surface area contributed by atoms with E-state index in [0.29, 0.717) is 10.7 Å². The Morgan fingerprint density at radius 1 is 1.00 bits per heavy atom. The van der Waals surface area contributed by atoms with Gasteiger partial charge in [-0.25, -0.2) is 0 Å². The van der Waals surface area contributed by atoms with Crippen molar-refractivity contribution in [3.8, 4) is 5.75 Å². The Kier molecular flexibility index (Phi) is 3.96. The molecule has 2 aromatic carbocycles. The molecule has 0 saturated heterocycles. The molecule has 2 rings (SSSR count). The van der Waals surface area contributed by atoms with Crippen LogP contribution >= 0.6 is 24.1 Å². The molecule has 0 spiro atoms. The largest absolute Gasteiger partial charge is 0.385 e. The van der Waals surface area contributed by atoms with Crippen LogP contribution in [0.1, 0.15) is 5.56 Å². The smallest absolute Gasteiger partial charge is 0.156 e. The molecule has 0 atom stereocenters. The van der Waals surface area contributed by atoms with Crippen LogP contribution in [0.5, 0.6) is 5.75 Å². The Morgan fingerprint density at radius 3 is 2.35 bits per heavy atom. The molecule has 17 heavy (non-hydrogen) atoms. The SMILES string of the molecule is S=C(Nc1ccccc1)c1ccccc1OCl. The lowest BCUT2D eigenvalue weighted by Crippen LogP contribution is -2.11. The zero-order chi connectivity index (χ0) is 12.1. The van der Waals surface area contributed by atoms with Crippen LogP contribution in [0.25, 0.3) is 0 Å². The van der Waals surface area contributed by atoms with Gasteiger partial charge in [0.05, 0.1) is 5.56 Å². The van der Waals surface area contributed by atoms with E-state index in [-0.39, 0.29) is 0 Å². The molecule has 0 fully saturated rings. The van der Waals surface area contributed by atoms with E-state index in [4.69, 9.17) is 28.4 Å². The minimum absolute atomic E-state index is 0.544. The number of nitrogens with one attached hydrogen (secondary N) is 1. The van der Waals surface area contributed by atoms with Gasteiger partial charge in [0.15, 0.2) is 5.75 Å². The van der Waals surface area contributed by atoms with Gasteiger partial charge in [-0.3, -0.25) is 0 Å². The minimum atomic E-state index is 0.544. The molecule has 0 saturated carbocycles. The van der Waals surface area contributed by atoms with Crippen molar-refractivity contribution < 1.29 is 4.29 Å². The Morgan fingerprint density at radius 2 is 1.65 bits per heavy atom. The average molecular weight is 264 g/mol. The number of anilines is 1. The molecule has 86 valence electrons. The monoisotopic (exact) mass is 263 g/mol. The van der Waals surface area contributed by atoms with Crippen molar-refractivity contribution >= 4 is 34.8 Å². The van der Waals surface area contributed by atoms with Crippen LogP contribution in [0.3, 0.4) is 0 Å². The standard InChI is InChI=1S/C13H10ClNOS/c14-16-12-9-5-4-8-11(12)13(17)15-10-6-2-1-3-7-10/h1-9H,(H,15,17). The maximum Gasteiger partial charge on any atom is 0.156 e. The minimum Gasteiger partial charge on any atom is -0.385 e. The normalized spacial score (nSPS) is 9.71. The second-order valence-corrected chi connectivity index (χ2v) is 3.96. The Bertz CT molecular complexity index is 516. The third-order valence-electron chi connectivity index (χ3n) is 2.25. The van der Waals surface area contributed by atoms with Gasteiger partial charge in [-0.1, -0.05) is 42.5 Å². The second kappa shape index (κ2) is 5.66. The van der Waals surface area contributed by atoms with E-state index < -0.39 is 0 Å². The fraction of sp³-hybridized carbons (Fsp3) is 0. The predicted octanol–water partition coefficient (Wildman–Crippen LogP) is 4.01. The van der Waals surface area contributed by atoms with E-state index in [1.54, 1.807) is 6.07 Å². The number of para-hydroxylation sites is 2. The number of halogens is 1. The molecule has 0 aliphatic heterocycles. The van der Waals surface area contributed by atoms with E-state index in [9.17, 15) is 0 Å². The lowest BCUT2D eigenvalue weighted by atomic mass is 10.2. The van der Waals surface area contributed by atoms with Crippen LogP contribution < -0.4 is 9.61 Å². The average Bonchev–Trinajstić information content (AvgIpc) is 2.40. The van der Waals surface area contributed by atoms with Crippen LogP contribution in [0, 0.1) is 0 Å². The van der Waals surface area contributed by atoms with E-state index in [2.05, 4.69) is 5.32 Å². The van der Waals surface area contributed by atoms with Gasteiger partial charge in [0.1, 0.15) is 16.9 Å². The molecular weight excluding hydrogens is 254 g/mol. The van der Waals surface area contributed by atoms with Gasteiger partial charge in [0.25, 0.3) is 0 Å². The van der Waals surface area contributed by atoms with Gasteiger partial charge in [0.2, 0.25) is 0 Å². The van der Waals surface area contributed by atoms with Gasteiger partial charge in [0, 0.05) is 5.69 Å². The summed E-state index contributed by atoms with van der Waals surface area (Å²) in [6.45, 7) is 0. The number of hydrogen-bond acceptors (Lipinski definition) is 2. The van der Waals surface area contributed by atoms with Crippen molar-refractivity contribution in [2.45, 2.75) is 0 Å². The first-order chi connectivity index (χ1) is 8.31. The van der Waals surface area contributed by atoms with E-state index in [1.807, 2.05) is 48.5 Å². The highest BCUT2D eigenvalue weighted by atomic mass is 35.5. The summed E-state index contributed by atoms with van der Waals surface area (Å²) in [5.74, 6) is 0.544. The summed E-state index contributed by atoms with van der Waals surface area (Å²) >= 11 is 10.7. The summed E-state index contributed by atoms with van der Waals surface area (Å²) in [5, 5.41) is 3.13. The Hall–Kier alpha value is -1.58.